The predicted molar refractivity (Wildman–Crippen MR) is 123 cm³/mol. The summed E-state index contributed by atoms with van der Waals surface area (Å²) >= 11 is 0. The summed E-state index contributed by atoms with van der Waals surface area (Å²) in [5.74, 6) is -2.73. The number of carbonyl (C=O) groups excluding carboxylic acids is 4. The van der Waals surface area contributed by atoms with Crippen LogP contribution in [0.4, 0.5) is 16.2 Å². The van der Waals surface area contributed by atoms with Crippen molar-refractivity contribution in [3.05, 3.63) is 24.3 Å². The summed E-state index contributed by atoms with van der Waals surface area (Å²) in [6.45, 7) is 6.26. The van der Waals surface area contributed by atoms with Gasteiger partial charge in [-0.05, 0) is 39.8 Å². The number of anilines is 2. The van der Waals surface area contributed by atoms with Crippen LogP contribution < -0.4 is 15.5 Å². The Labute approximate surface area is 193 Å². The number of carbonyl (C=O) groups is 4. The van der Waals surface area contributed by atoms with E-state index in [9.17, 15) is 27.6 Å². The van der Waals surface area contributed by atoms with Crippen LogP contribution in [0.2, 0.25) is 0 Å². The zero-order valence-corrected chi connectivity index (χ0v) is 20.4. The van der Waals surface area contributed by atoms with Gasteiger partial charge >= 0.3 is 6.09 Å². The number of fused-ring (bicyclic) bond motifs is 1. The van der Waals surface area contributed by atoms with Crippen LogP contribution in [0.3, 0.4) is 0 Å². The molecule has 33 heavy (non-hydrogen) atoms. The van der Waals surface area contributed by atoms with E-state index in [4.69, 9.17) is 4.74 Å². The van der Waals surface area contributed by atoms with E-state index in [1.54, 1.807) is 45.0 Å². The fraction of sp³-hybridized carbons (Fsp3) is 0.524. The van der Waals surface area contributed by atoms with E-state index >= 15 is 0 Å². The molecule has 1 aromatic rings. The lowest BCUT2D eigenvalue weighted by Gasteiger charge is -2.29. The van der Waals surface area contributed by atoms with Gasteiger partial charge in [0.15, 0.2) is 9.84 Å². The van der Waals surface area contributed by atoms with Crippen LogP contribution in [0.25, 0.3) is 0 Å². The molecule has 2 rings (SSSR count). The fourth-order valence-corrected chi connectivity index (χ4v) is 3.61. The number of amides is 4. The van der Waals surface area contributed by atoms with E-state index in [2.05, 4.69) is 10.6 Å². The van der Waals surface area contributed by atoms with E-state index in [-0.39, 0.29) is 6.54 Å². The highest BCUT2D eigenvalue weighted by Crippen LogP contribution is 2.29. The van der Waals surface area contributed by atoms with Crippen LogP contribution in [0.5, 0.6) is 0 Å². The van der Waals surface area contributed by atoms with Crippen molar-refractivity contribution in [2.45, 2.75) is 45.4 Å². The Morgan fingerprint density at radius 3 is 2.45 bits per heavy atom. The minimum Gasteiger partial charge on any atom is -0.444 e. The first kappa shape index (κ1) is 26.1. The summed E-state index contributed by atoms with van der Waals surface area (Å²) in [5.41, 5.74) is -0.134. The van der Waals surface area contributed by atoms with Gasteiger partial charge in [0.2, 0.25) is 17.7 Å². The smallest absolute Gasteiger partial charge is 0.410 e. The Balaban J connectivity index is 2.24. The highest BCUT2D eigenvalue weighted by Gasteiger charge is 2.35. The van der Waals surface area contributed by atoms with E-state index in [1.807, 2.05) is 0 Å². The standard InChI is InChI=1S/C21H30N4O7S/c1-13(24(5)20(29)32-21(2,3)4)18(27)23-15-11-25(17(26)12-33(6,30)31)16-10-8-7-9-14(16)22-19(15)28/h7-10,13,15H,11-12H2,1-6H3,(H,22,28)(H,23,27)/t13-,15-/m0/s1. The molecule has 0 aliphatic carbocycles. The molecule has 4 amide bonds. The normalized spacial score (nSPS) is 17.2. The molecule has 182 valence electrons. The van der Waals surface area contributed by atoms with Crippen LogP contribution in [0.15, 0.2) is 24.3 Å². The third-order valence-corrected chi connectivity index (χ3v) is 5.55. The third-order valence-electron chi connectivity index (χ3n) is 4.78. The average Bonchev–Trinajstić information content (AvgIpc) is 2.80. The van der Waals surface area contributed by atoms with Gasteiger partial charge in [-0.3, -0.25) is 19.3 Å². The molecule has 1 aliphatic heterocycles. The SMILES string of the molecule is C[C@@H](C(=O)N[C@H]1CN(C(=O)CS(C)(=O)=O)c2ccccc2NC1=O)N(C)C(=O)OC(C)(C)C. The quantitative estimate of drug-likeness (QED) is 0.631. The fourth-order valence-electron chi connectivity index (χ4n) is 3.01. The first-order valence-corrected chi connectivity index (χ1v) is 12.3. The average molecular weight is 483 g/mol. The maximum Gasteiger partial charge on any atom is 0.410 e. The Kier molecular flexibility index (Phi) is 7.73. The number of sulfone groups is 1. The number of rotatable bonds is 5. The highest BCUT2D eigenvalue weighted by molar-refractivity contribution is 7.91. The van der Waals surface area contributed by atoms with Crippen molar-refractivity contribution in [1.29, 1.82) is 0 Å². The molecule has 0 saturated carbocycles. The lowest BCUT2D eigenvalue weighted by Crippen LogP contribution is -2.55. The second-order valence-corrected chi connectivity index (χ2v) is 11.0. The monoisotopic (exact) mass is 482 g/mol. The van der Waals surface area contributed by atoms with Gasteiger partial charge < -0.3 is 20.3 Å². The van der Waals surface area contributed by atoms with Gasteiger partial charge in [-0.2, -0.15) is 0 Å². The van der Waals surface area contributed by atoms with Crippen LogP contribution in [0.1, 0.15) is 27.7 Å². The summed E-state index contributed by atoms with van der Waals surface area (Å²) in [5, 5.41) is 5.19. The predicted octanol–water partition coefficient (Wildman–Crippen LogP) is 0.757. The first-order valence-electron chi connectivity index (χ1n) is 10.2. The van der Waals surface area contributed by atoms with Gasteiger partial charge in [-0.25, -0.2) is 13.2 Å². The maximum atomic E-state index is 12.8. The van der Waals surface area contributed by atoms with Crippen molar-refractivity contribution in [3.8, 4) is 0 Å². The molecule has 0 aromatic heterocycles. The summed E-state index contributed by atoms with van der Waals surface area (Å²) in [6.07, 6.45) is 0.221. The van der Waals surface area contributed by atoms with Crippen LogP contribution in [-0.4, -0.2) is 80.4 Å². The van der Waals surface area contributed by atoms with Gasteiger partial charge in [-0.1, -0.05) is 12.1 Å². The minimum absolute atomic E-state index is 0.286. The number of likely N-dealkylation sites (N-methyl/N-ethyl adjacent to an activating group) is 1. The Morgan fingerprint density at radius 1 is 1.27 bits per heavy atom. The molecular weight excluding hydrogens is 452 g/mol. The Hall–Kier alpha value is -3.15. The van der Waals surface area contributed by atoms with E-state index in [0.717, 1.165) is 16.1 Å². The van der Waals surface area contributed by atoms with E-state index in [1.165, 1.54) is 14.0 Å². The lowest BCUT2D eigenvalue weighted by molar-refractivity contribution is -0.129. The molecule has 1 heterocycles. The van der Waals surface area contributed by atoms with Gasteiger partial charge in [0, 0.05) is 13.3 Å². The molecular formula is C21H30N4O7S. The Morgan fingerprint density at radius 2 is 1.88 bits per heavy atom. The first-order chi connectivity index (χ1) is 15.1. The van der Waals surface area contributed by atoms with Crippen LogP contribution in [-0.2, 0) is 29.0 Å². The Bertz CT molecular complexity index is 1050. The van der Waals surface area contributed by atoms with Gasteiger partial charge in [-0.15, -0.1) is 0 Å². The summed E-state index contributed by atoms with van der Waals surface area (Å²) in [4.78, 5) is 52.9. The molecule has 0 radical (unpaired) electrons. The van der Waals surface area contributed by atoms with Crippen molar-refractivity contribution in [2.24, 2.45) is 0 Å². The van der Waals surface area contributed by atoms with E-state index < -0.39 is 57.1 Å². The molecule has 2 atom stereocenters. The maximum absolute atomic E-state index is 12.8. The van der Waals surface area contributed by atoms with Crippen molar-refractivity contribution >= 4 is 45.0 Å². The molecule has 0 spiro atoms. The third kappa shape index (κ3) is 7.17. The van der Waals surface area contributed by atoms with Gasteiger partial charge in [0.1, 0.15) is 23.4 Å². The molecule has 1 aliphatic rings. The molecule has 0 unspecified atom stereocenters. The zero-order chi connectivity index (χ0) is 25.1. The van der Waals surface area contributed by atoms with Gasteiger partial charge in [0.25, 0.3) is 0 Å². The topological polar surface area (TPSA) is 142 Å². The molecule has 2 N–H and O–H groups in total. The van der Waals surface area contributed by atoms with Gasteiger partial charge in [0.05, 0.1) is 17.9 Å². The number of hydrogen-bond donors (Lipinski definition) is 2. The number of benzene rings is 1. The minimum atomic E-state index is -3.63. The number of hydrogen-bond acceptors (Lipinski definition) is 7. The number of nitrogens with zero attached hydrogens (tertiary/aromatic N) is 2. The lowest BCUT2D eigenvalue weighted by atomic mass is 10.2. The van der Waals surface area contributed by atoms with Crippen molar-refractivity contribution < 1.29 is 32.3 Å². The second kappa shape index (κ2) is 9.77. The zero-order valence-electron chi connectivity index (χ0n) is 19.5. The highest BCUT2D eigenvalue weighted by atomic mass is 32.2. The number of nitrogens with one attached hydrogen (secondary N) is 2. The van der Waals surface area contributed by atoms with Crippen molar-refractivity contribution in [2.75, 3.05) is 35.8 Å². The largest absolute Gasteiger partial charge is 0.444 e. The molecule has 0 bridgehead atoms. The second-order valence-electron chi connectivity index (χ2n) is 8.91. The summed E-state index contributed by atoms with van der Waals surface area (Å²) in [6, 6.07) is 4.24. The van der Waals surface area contributed by atoms with Crippen LogP contribution in [0, 0.1) is 0 Å². The van der Waals surface area contributed by atoms with Crippen molar-refractivity contribution in [3.63, 3.8) is 0 Å². The molecule has 12 heteroatoms. The molecule has 0 saturated heterocycles. The molecule has 0 fully saturated rings. The van der Waals surface area contributed by atoms with Crippen LogP contribution >= 0.6 is 0 Å². The summed E-state index contributed by atoms with van der Waals surface area (Å²) < 4.78 is 28.6. The number of ether oxygens (including phenoxy) is 1. The van der Waals surface area contributed by atoms with E-state index in [0.29, 0.717) is 11.4 Å². The molecule has 1 aromatic carbocycles. The molecule has 11 nitrogen and oxygen atoms in total. The number of para-hydroxylation sites is 2. The van der Waals surface area contributed by atoms with Crippen molar-refractivity contribution in [1.82, 2.24) is 10.2 Å². The summed E-state index contributed by atoms with van der Waals surface area (Å²) in [7, 11) is -2.24.